The van der Waals surface area contributed by atoms with E-state index in [2.05, 4.69) is 0 Å². The van der Waals surface area contributed by atoms with E-state index in [4.69, 9.17) is 15.9 Å². The number of nitrogens with two attached hydrogens (primary N) is 2. The number of nitrogen functional groups attached to an aromatic ring is 2. The van der Waals surface area contributed by atoms with E-state index in [0.717, 1.165) is 5.56 Å². The Labute approximate surface area is 76.0 Å². The van der Waals surface area contributed by atoms with Crippen molar-refractivity contribution in [2.75, 3.05) is 11.5 Å². The van der Waals surface area contributed by atoms with Crippen LogP contribution < -0.4 is 11.5 Å². The highest BCUT2D eigenvalue weighted by molar-refractivity contribution is 5.73. The molecule has 3 heteroatoms. The van der Waals surface area contributed by atoms with Crippen molar-refractivity contribution < 1.29 is 4.42 Å². The van der Waals surface area contributed by atoms with Crippen LogP contribution in [-0.2, 0) is 0 Å². The Morgan fingerprint density at radius 2 is 1.69 bits per heavy atom. The van der Waals surface area contributed by atoms with Gasteiger partial charge < -0.3 is 15.9 Å². The first-order chi connectivity index (χ1) is 6.27. The molecule has 0 saturated heterocycles. The van der Waals surface area contributed by atoms with Crippen LogP contribution in [0, 0.1) is 0 Å². The van der Waals surface area contributed by atoms with Gasteiger partial charge in [0, 0.05) is 17.3 Å². The van der Waals surface area contributed by atoms with Crippen LogP contribution in [0.25, 0.3) is 11.3 Å². The standard InChI is InChI=1S/C10H10N2O/c11-8-4-2-1-3-7(8)9-5-6-10(12)13-9/h1-6H,11-12H2. The quantitative estimate of drug-likeness (QED) is 0.651. The Morgan fingerprint density at radius 1 is 0.923 bits per heavy atom. The average molecular weight is 174 g/mol. The van der Waals surface area contributed by atoms with Gasteiger partial charge in [0.05, 0.1) is 0 Å². The van der Waals surface area contributed by atoms with Crippen LogP contribution in [0.4, 0.5) is 11.6 Å². The molecule has 66 valence electrons. The molecule has 0 bridgehead atoms. The van der Waals surface area contributed by atoms with E-state index >= 15 is 0 Å². The molecule has 3 nitrogen and oxygen atoms in total. The summed E-state index contributed by atoms with van der Waals surface area (Å²) in [7, 11) is 0. The molecule has 2 rings (SSSR count). The van der Waals surface area contributed by atoms with Crippen LogP contribution in [-0.4, -0.2) is 0 Å². The lowest BCUT2D eigenvalue weighted by Gasteiger charge is -2.00. The predicted molar refractivity (Wildman–Crippen MR) is 53.0 cm³/mol. The van der Waals surface area contributed by atoms with Crippen LogP contribution in [0.1, 0.15) is 0 Å². The fourth-order valence-corrected chi connectivity index (χ4v) is 1.22. The van der Waals surface area contributed by atoms with Gasteiger partial charge >= 0.3 is 0 Å². The third-order valence-electron chi connectivity index (χ3n) is 1.85. The van der Waals surface area contributed by atoms with Crippen LogP contribution in [0.3, 0.4) is 0 Å². The minimum Gasteiger partial charge on any atom is -0.441 e. The summed E-state index contributed by atoms with van der Waals surface area (Å²) in [6.07, 6.45) is 0. The summed E-state index contributed by atoms with van der Waals surface area (Å²) < 4.78 is 5.25. The van der Waals surface area contributed by atoms with Gasteiger partial charge in [0.15, 0.2) is 5.88 Å². The van der Waals surface area contributed by atoms with Crippen molar-refractivity contribution in [3.63, 3.8) is 0 Å². The minimum atomic E-state index is 0.401. The van der Waals surface area contributed by atoms with Gasteiger partial charge in [-0.1, -0.05) is 12.1 Å². The predicted octanol–water partition coefficient (Wildman–Crippen LogP) is 2.11. The highest BCUT2D eigenvalue weighted by Crippen LogP contribution is 2.27. The van der Waals surface area contributed by atoms with Crippen LogP contribution in [0.5, 0.6) is 0 Å². The van der Waals surface area contributed by atoms with Crippen molar-refractivity contribution in [1.82, 2.24) is 0 Å². The number of para-hydroxylation sites is 1. The summed E-state index contributed by atoms with van der Waals surface area (Å²) in [6.45, 7) is 0. The van der Waals surface area contributed by atoms with Gasteiger partial charge in [-0.2, -0.15) is 0 Å². The maximum absolute atomic E-state index is 5.76. The topological polar surface area (TPSA) is 65.2 Å². The molecule has 1 aromatic carbocycles. The fourth-order valence-electron chi connectivity index (χ4n) is 1.22. The first-order valence-corrected chi connectivity index (χ1v) is 3.97. The van der Waals surface area contributed by atoms with Gasteiger partial charge in [0.1, 0.15) is 5.76 Å². The molecule has 0 spiro atoms. The van der Waals surface area contributed by atoms with Gasteiger partial charge in [-0.25, -0.2) is 0 Å². The molecule has 0 aliphatic rings. The first-order valence-electron chi connectivity index (χ1n) is 3.97. The molecule has 0 saturated carbocycles. The largest absolute Gasteiger partial charge is 0.441 e. The molecule has 1 aromatic heterocycles. The molecule has 0 aliphatic heterocycles. The average Bonchev–Trinajstić information content (AvgIpc) is 2.53. The van der Waals surface area contributed by atoms with Gasteiger partial charge in [-0.15, -0.1) is 0 Å². The van der Waals surface area contributed by atoms with Gasteiger partial charge in [0.25, 0.3) is 0 Å². The van der Waals surface area contributed by atoms with E-state index in [9.17, 15) is 0 Å². The maximum atomic E-state index is 5.76. The lowest BCUT2D eigenvalue weighted by Crippen LogP contribution is -1.87. The van der Waals surface area contributed by atoms with Crippen LogP contribution >= 0.6 is 0 Å². The summed E-state index contributed by atoms with van der Waals surface area (Å²) in [5.41, 5.74) is 12.8. The monoisotopic (exact) mass is 174 g/mol. The number of furan rings is 1. The molecular weight excluding hydrogens is 164 g/mol. The first kappa shape index (κ1) is 7.73. The Bertz CT molecular complexity index is 420. The van der Waals surface area contributed by atoms with E-state index in [1.165, 1.54) is 0 Å². The van der Waals surface area contributed by atoms with Crippen molar-refractivity contribution in [2.45, 2.75) is 0 Å². The van der Waals surface area contributed by atoms with Crippen molar-refractivity contribution in [2.24, 2.45) is 0 Å². The maximum Gasteiger partial charge on any atom is 0.190 e. The zero-order valence-electron chi connectivity index (χ0n) is 7.03. The van der Waals surface area contributed by atoms with E-state index in [1.807, 2.05) is 24.3 Å². The summed E-state index contributed by atoms with van der Waals surface area (Å²) in [5.74, 6) is 1.11. The molecule has 0 radical (unpaired) electrons. The summed E-state index contributed by atoms with van der Waals surface area (Å²) >= 11 is 0. The normalized spacial score (nSPS) is 10.2. The molecule has 0 fully saturated rings. The molecular formula is C10H10N2O. The van der Waals surface area contributed by atoms with Crippen molar-refractivity contribution in [3.8, 4) is 11.3 Å². The third-order valence-corrected chi connectivity index (χ3v) is 1.85. The second kappa shape index (κ2) is 2.86. The summed E-state index contributed by atoms with van der Waals surface area (Å²) in [4.78, 5) is 0. The lowest BCUT2D eigenvalue weighted by atomic mass is 10.1. The Kier molecular flexibility index (Phi) is 1.70. The molecule has 1 heterocycles. The van der Waals surface area contributed by atoms with Crippen molar-refractivity contribution in [3.05, 3.63) is 36.4 Å². The summed E-state index contributed by atoms with van der Waals surface area (Å²) in [5, 5.41) is 0. The minimum absolute atomic E-state index is 0.401. The van der Waals surface area contributed by atoms with E-state index in [0.29, 0.717) is 17.3 Å². The number of rotatable bonds is 1. The van der Waals surface area contributed by atoms with E-state index < -0.39 is 0 Å². The second-order valence-corrected chi connectivity index (χ2v) is 2.79. The Balaban J connectivity index is 2.52. The number of anilines is 2. The third kappa shape index (κ3) is 1.36. The lowest BCUT2D eigenvalue weighted by molar-refractivity contribution is 0.603. The molecule has 0 aliphatic carbocycles. The highest BCUT2D eigenvalue weighted by Gasteiger charge is 2.04. The second-order valence-electron chi connectivity index (χ2n) is 2.79. The Morgan fingerprint density at radius 3 is 2.31 bits per heavy atom. The molecule has 0 atom stereocenters. The van der Waals surface area contributed by atoms with Gasteiger partial charge in [-0.3, -0.25) is 0 Å². The molecule has 4 N–H and O–H groups in total. The van der Waals surface area contributed by atoms with Gasteiger partial charge in [-0.05, 0) is 18.2 Å². The van der Waals surface area contributed by atoms with Crippen LogP contribution in [0.15, 0.2) is 40.8 Å². The SMILES string of the molecule is Nc1ccc(-c2ccccc2N)o1. The number of benzene rings is 1. The Hall–Kier alpha value is -1.90. The van der Waals surface area contributed by atoms with Gasteiger partial charge in [0.2, 0.25) is 0 Å². The van der Waals surface area contributed by atoms with Crippen molar-refractivity contribution >= 4 is 11.6 Å². The van der Waals surface area contributed by atoms with Crippen molar-refractivity contribution in [1.29, 1.82) is 0 Å². The summed E-state index contributed by atoms with van der Waals surface area (Å²) in [6, 6.07) is 11.0. The molecule has 0 amide bonds. The number of hydrogen-bond acceptors (Lipinski definition) is 3. The zero-order valence-corrected chi connectivity index (χ0v) is 7.03. The van der Waals surface area contributed by atoms with Crippen LogP contribution in [0.2, 0.25) is 0 Å². The highest BCUT2D eigenvalue weighted by atomic mass is 16.3. The smallest absolute Gasteiger partial charge is 0.190 e. The van der Waals surface area contributed by atoms with E-state index in [1.54, 1.807) is 12.1 Å². The molecule has 2 aromatic rings. The zero-order chi connectivity index (χ0) is 9.26. The van der Waals surface area contributed by atoms with E-state index in [-0.39, 0.29) is 0 Å². The molecule has 0 unspecified atom stereocenters. The fraction of sp³-hybridized carbons (Fsp3) is 0. The molecule has 13 heavy (non-hydrogen) atoms. The number of hydrogen-bond donors (Lipinski definition) is 2.